The minimum absolute atomic E-state index is 0.0869. The van der Waals surface area contributed by atoms with E-state index in [9.17, 15) is 4.79 Å². The number of hydrogen-bond acceptors (Lipinski definition) is 4. The Balaban J connectivity index is 2.08. The maximum atomic E-state index is 11.5. The third-order valence-electron chi connectivity index (χ3n) is 4.34. The Hall–Kier alpha value is -2.60. The van der Waals surface area contributed by atoms with Gasteiger partial charge in [0.1, 0.15) is 0 Å². The largest absolute Gasteiger partial charge is 0.369 e. The van der Waals surface area contributed by atoms with Crippen LogP contribution in [-0.2, 0) is 10.2 Å². The van der Waals surface area contributed by atoms with Gasteiger partial charge in [0.25, 0.3) is 0 Å². The van der Waals surface area contributed by atoms with Crippen LogP contribution >= 0.6 is 11.8 Å². The van der Waals surface area contributed by atoms with Crippen LogP contribution in [0.4, 0.5) is 0 Å². The summed E-state index contributed by atoms with van der Waals surface area (Å²) in [5, 5.41) is 8.98. The summed E-state index contributed by atoms with van der Waals surface area (Å²) < 4.78 is 1.97. The molecule has 1 aromatic heterocycles. The average molecular weight is 381 g/mol. The molecule has 0 saturated heterocycles. The topological polar surface area (TPSA) is 73.8 Å². The maximum absolute atomic E-state index is 11.5. The van der Waals surface area contributed by atoms with E-state index in [1.54, 1.807) is 6.92 Å². The normalized spacial score (nSPS) is 12.7. The molecule has 1 atom stereocenters. The van der Waals surface area contributed by atoms with Gasteiger partial charge in [0.2, 0.25) is 5.91 Å². The zero-order valence-corrected chi connectivity index (χ0v) is 16.8. The molecule has 3 aromatic rings. The highest BCUT2D eigenvalue weighted by molar-refractivity contribution is 8.00. The number of amides is 1. The van der Waals surface area contributed by atoms with Crippen LogP contribution in [0, 0.1) is 0 Å². The lowest BCUT2D eigenvalue weighted by molar-refractivity contribution is -0.117. The SMILES string of the molecule is C[C@@H](Sc1nnc(-c2ccc(C(C)(C)C)cc2)n1-c1ccccc1)C(N)=O. The van der Waals surface area contributed by atoms with Gasteiger partial charge in [-0.15, -0.1) is 10.2 Å². The van der Waals surface area contributed by atoms with Crippen molar-refractivity contribution in [2.24, 2.45) is 5.73 Å². The Bertz CT molecular complexity index is 927. The number of hydrogen-bond donors (Lipinski definition) is 1. The number of carbonyl (C=O) groups is 1. The predicted octanol–water partition coefficient (Wildman–Crippen LogP) is 4.20. The van der Waals surface area contributed by atoms with Crippen LogP contribution in [-0.4, -0.2) is 25.9 Å². The van der Waals surface area contributed by atoms with Crippen molar-refractivity contribution in [3.8, 4) is 17.1 Å². The van der Waals surface area contributed by atoms with Crippen molar-refractivity contribution < 1.29 is 4.79 Å². The van der Waals surface area contributed by atoms with Crippen LogP contribution in [0.15, 0.2) is 59.8 Å². The van der Waals surface area contributed by atoms with Gasteiger partial charge in [-0.05, 0) is 30.0 Å². The van der Waals surface area contributed by atoms with Crippen molar-refractivity contribution in [2.45, 2.75) is 43.5 Å². The Labute approximate surface area is 164 Å². The predicted molar refractivity (Wildman–Crippen MR) is 110 cm³/mol. The van der Waals surface area contributed by atoms with E-state index in [-0.39, 0.29) is 11.3 Å². The molecule has 0 saturated carbocycles. The molecule has 0 aliphatic rings. The number of aromatic nitrogens is 3. The second-order valence-corrected chi connectivity index (χ2v) is 8.77. The molecule has 1 amide bonds. The second kappa shape index (κ2) is 7.56. The van der Waals surface area contributed by atoms with Gasteiger partial charge in [-0.25, -0.2) is 0 Å². The maximum Gasteiger partial charge on any atom is 0.230 e. The van der Waals surface area contributed by atoms with Crippen molar-refractivity contribution in [1.29, 1.82) is 0 Å². The molecule has 0 aliphatic carbocycles. The first-order chi connectivity index (χ1) is 12.8. The molecule has 0 spiro atoms. The van der Waals surface area contributed by atoms with Crippen LogP contribution in [0.3, 0.4) is 0 Å². The minimum atomic E-state index is -0.396. The lowest BCUT2D eigenvalue weighted by Crippen LogP contribution is -2.23. The third kappa shape index (κ3) is 4.22. The molecule has 0 radical (unpaired) electrons. The fourth-order valence-corrected chi connectivity index (χ4v) is 3.50. The van der Waals surface area contributed by atoms with E-state index in [2.05, 4.69) is 55.2 Å². The van der Waals surface area contributed by atoms with Gasteiger partial charge in [0, 0.05) is 11.3 Å². The molecule has 27 heavy (non-hydrogen) atoms. The minimum Gasteiger partial charge on any atom is -0.369 e. The second-order valence-electron chi connectivity index (χ2n) is 7.47. The summed E-state index contributed by atoms with van der Waals surface area (Å²) in [5.41, 5.74) is 8.69. The van der Waals surface area contributed by atoms with Crippen molar-refractivity contribution >= 4 is 17.7 Å². The molecule has 5 nitrogen and oxygen atoms in total. The standard InChI is InChI=1S/C21H24N4OS/c1-14(18(22)26)27-20-24-23-19(25(20)17-8-6-5-7-9-17)15-10-12-16(13-11-15)21(2,3)4/h5-14H,1-4H3,(H2,22,26)/t14-/m1/s1. The van der Waals surface area contributed by atoms with Gasteiger partial charge < -0.3 is 5.73 Å². The molecule has 0 aliphatic heterocycles. The summed E-state index contributed by atoms with van der Waals surface area (Å²) in [6.07, 6.45) is 0. The van der Waals surface area contributed by atoms with Gasteiger partial charge in [-0.3, -0.25) is 9.36 Å². The van der Waals surface area contributed by atoms with E-state index in [4.69, 9.17) is 5.73 Å². The highest BCUT2D eigenvalue weighted by atomic mass is 32.2. The van der Waals surface area contributed by atoms with Crippen molar-refractivity contribution in [1.82, 2.24) is 14.8 Å². The van der Waals surface area contributed by atoms with E-state index in [0.717, 1.165) is 17.1 Å². The fourth-order valence-electron chi connectivity index (χ4n) is 2.68. The molecule has 0 unspecified atom stereocenters. The summed E-state index contributed by atoms with van der Waals surface area (Å²) in [5.74, 6) is 0.361. The first-order valence-electron chi connectivity index (χ1n) is 8.85. The van der Waals surface area contributed by atoms with Gasteiger partial charge in [0.15, 0.2) is 11.0 Å². The van der Waals surface area contributed by atoms with Crippen molar-refractivity contribution in [3.05, 3.63) is 60.2 Å². The number of thioether (sulfide) groups is 1. The smallest absolute Gasteiger partial charge is 0.230 e. The van der Waals surface area contributed by atoms with E-state index >= 15 is 0 Å². The van der Waals surface area contributed by atoms with E-state index < -0.39 is 5.25 Å². The molecule has 3 rings (SSSR count). The molecule has 6 heteroatoms. The molecule has 0 fully saturated rings. The first kappa shape index (κ1) is 19.2. The van der Waals surface area contributed by atoms with Crippen LogP contribution in [0.5, 0.6) is 0 Å². The molecular formula is C21H24N4OS. The monoisotopic (exact) mass is 380 g/mol. The lowest BCUT2D eigenvalue weighted by Gasteiger charge is -2.19. The molecule has 140 valence electrons. The highest BCUT2D eigenvalue weighted by Crippen LogP contribution is 2.31. The molecular weight excluding hydrogens is 356 g/mol. The average Bonchev–Trinajstić information content (AvgIpc) is 3.05. The van der Waals surface area contributed by atoms with E-state index in [0.29, 0.717) is 5.16 Å². The van der Waals surface area contributed by atoms with Crippen LogP contribution in [0.25, 0.3) is 17.1 Å². The van der Waals surface area contributed by atoms with E-state index in [1.807, 2.05) is 34.9 Å². The zero-order valence-electron chi connectivity index (χ0n) is 16.0. The van der Waals surface area contributed by atoms with Crippen LogP contribution in [0.1, 0.15) is 33.3 Å². The molecule has 0 bridgehead atoms. The number of nitrogens with two attached hydrogens (primary N) is 1. The number of benzene rings is 2. The van der Waals surface area contributed by atoms with Crippen molar-refractivity contribution in [3.63, 3.8) is 0 Å². The summed E-state index contributed by atoms with van der Waals surface area (Å²) in [4.78, 5) is 11.5. The quantitative estimate of drug-likeness (QED) is 0.673. The van der Waals surface area contributed by atoms with Gasteiger partial charge in [-0.2, -0.15) is 0 Å². The Morgan fingerprint density at radius 3 is 2.22 bits per heavy atom. The Morgan fingerprint density at radius 1 is 1.04 bits per heavy atom. The third-order valence-corrected chi connectivity index (χ3v) is 5.40. The number of nitrogens with zero attached hydrogens (tertiary/aromatic N) is 3. The Kier molecular flexibility index (Phi) is 5.37. The van der Waals surface area contributed by atoms with Gasteiger partial charge in [0.05, 0.1) is 5.25 Å². The highest BCUT2D eigenvalue weighted by Gasteiger charge is 2.21. The number of para-hydroxylation sites is 1. The number of rotatable bonds is 5. The zero-order chi connectivity index (χ0) is 19.6. The molecule has 1 heterocycles. The lowest BCUT2D eigenvalue weighted by atomic mass is 9.87. The van der Waals surface area contributed by atoms with Crippen LogP contribution < -0.4 is 5.73 Å². The first-order valence-corrected chi connectivity index (χ1v) is 9.73. The Morgan fingerprint density at radius 2 is 1.67 bits per heavy atom. The van der Waals surface area contributed by atoms with Crippen molar-refractivity contribution in [2.75, 3.05) is 0 Å². The summed E-state index contributed by atoms with van der Waals surface area (Å²) in [6, 6.07) is 18.3. The summed E-state index contributed by atoms with van der Waals surface area (Å²) in [7, 11) is 0. The fraction of sp³-hybridized carbons (Fsp3) is 0.286. The van der Waals surface area contributed by atoms with Gasteiger partial charge in [-0.1, -0.05) is 75.0 Å². The molecule has 2 aromatic carbocycles. The number of carbonyl (C=O) groups excluding carboxylic acids is 1. The van der Waals surface area contributed by atoms with E-state index in [1.165, 1.54) is 17.3 Å². The molecule has 2 N–H and O–H groups in total. The van der Waals surface area contributed by atoms with Crippen LogP contribution in [0.2, 0.25) is 0 Å². The summed E-state index contributed by atoms with van der Waals surface area (Å²) >= 11 is 1.31. The summed E-state index contributed by atoms with van der Waals surface area (Å²) in [6.45, 7) is 8.34. The number of primary amides is 1. The van der Waals surface area contributed by atoms with Gasteiger partial charge >= 0.3 is 0 Å².